The molecular formula is C14H13Cl2NO. The van der Waals surface area contributed by atoms with E-state index in [2.05, 4.69) is 0 Å². The molecule has 0 aliphatic heterocycles. The normalized spacial score (nSPS) is 10.4. The molecule has 2 aromatic carbocycles. The molecule has 94 valence electrons. The molecule has 0 unspecified atom stereocenters. The Bertz CT molecular complexity index is 570. The predicted molar refractivity (Wildman–Crippen MR) is 76.4 cm³/mol. The summed E-state index contributed by atoms with van der Waals surface area (Å²) in [4.78, 5) is 0. The Morgan fingerprint density at radius 1 is 1.17 bits per heavy atom. The summed E-state index contributed by atoms with van der Waals surface area (Å²) in [5.74, 6) is 0.668. The second-order valence-corrected chi connectivity index (χ2v) is 4.85. The molecule has 18 heavy (non-hydrogen) atoms. The number of nitrogens with two attached hydrogens (primary N) is 1. The molecule has 0 spiro atoms. The van der Waals surface area contributed by atoms with E-state index in [0.717, 1.165) is 11.1 Å². The Hall–Kier alpha value is -1.38. The zero-order valence-electron chi connectivity index (χ0n) is 9.91. The molecule has 2 N–H and O–H groups in total. The molecule has 0 bridgehead atoms. The monoisotopic (exact) mass is 281 g/mol. The summed E-state index contributed by atoms with van der Waals surface area (Å²) >= 11 is 11.9. The molecule has 0 atom stereocenters. The van der Waals surface area contributed by atoms with Crippen LogP contribution in [0.2, 0.25) is 10.0 Å². The van der Waals surface area contributed by atoms with Crippen molar-refractivity contribution in [3.8, 4) is 5.75 Å². The van der Waals surface area contributed by atoms with E-state index in [-0.39, 0.29) is 0 Å². The van der Waals surface area contributed by atoms with E-state index >= 15 is 0 Å². The lowest BCUT2D eigenvalue weighted by molar-refractivity contribution is 0.308. The summed E-state index contributed by atoms with van der Waals surface area (Å²) in [6.07, 6.45) is 0. The van der Waals surface area contributed by atoms with Crippen molar-refractivity contribution in [2.24, 2.45) is 0 Å². The van der Waals surface area contributed by atoms with Crippen molar-refractivity contribution in [2.75, 3.05) is 5.73 Å². The summed E-state index contributed by atoms with van der Waals surface area (Å²) in [6.45, 7) is 2.31. The van der Waals surface area contributed by atoms with E-state index in [0.29, 0.717) is 28.1 Å². The molecule has 0 radical (unpaired) electrons. The first-order valence-electron chi connectivity index (χ1n) is 5.50. The fourth-order valence-corrected chi connectivity index (χ4v) is 2.04. The number of anilines is 1. The highest BCUT2D eigenvalue weighted by atomic mass is 35.5. The molecule has 0 heterocycles. The summed E-state index contributed by atoms with van der Waals surface area (Å²) in [5, 5.41) is 1.20. The first-order valence-corrected chi connectivity index (χ1v) is 6.25. The van der Waals surface area contributed by atoms with Gasteiger partial charge >= 0.3 is 0 Å². The second-order valence-electron chi connectivity index (χ2n) is 4.01. The lowest BCUT2D eigenvalue weighted by atomic mass is 10.2. The van der Waals surface area contributed by atoms with Gasteiger partial charge in [-0.25, -0.2) is 0 Å². The van der Waals surface area contributed by atoms with Crippen LogP contribution in [0.4, 0.5) is 5.69 Å². The molecule has 0 saturated carbocycles. The number of hydrogen-bond acceptors (Lipinski definition) is 2. The van der Waals surface area contributed by atoms with Crippen molar-refractivity contribution in [3.05, 3.63) is 57.6 Å². The zero-order valence-corrected chi connectivity index (χ0v) is 11.4. The lowest BCUT2D eigenvalue weighted by Gasteiger charge is -2.11. The molecule has 2 aromatic rings. The smallest absolute Gasteiger partial charge is 0.142 e. The third-order valence-electron chi connectivity index (χ3n) is 2.68. The first-order chi connectivity index (χ1) is 8.58. The minimum atomic E-state index is 0.365. The van der Waals surface area contributed by atoms with Crippen molar-refractivity contribution < 1.29 is 4.74 Å². The Labute approximate surface area is 116 Å². The number of rotatable bonds is 3. The van der Waals surface area contributed by atoms with E-state index in [1.807, 2.05) is 31.2 Å². The highest BCUT2D eigenvalue weighted by molar-refractivity contribution is 6.35. The molecule has 2 rings (SSSR count). The van der Waals surface area contributed by atoms with Crippen molar-refractivity contribution >= 4 is 28.9 Å². The number of halogens is 2. The summed E-state index contributed by atoms with van der Waals surface area (Å²) in [6, 6.07) is 11.0. The van der Waals surface area contributed by atoms with Crippen molar-refractivity contribution in [1.29, 1.82) is 0 Å². The van der Waals surface area contributed by atoms with Crippen LogP contribution in [0.3, 0.4) is 0 Å². The number of nitrogen functional groups attached to an aromatic ring is 1. The first kappa shape index (κ1) is 13.1. The molecule has 0 aliphatic rings. The van der Waals surface area contributed by atoms with E-state index < -0.39 is 0 Å². The molecule has 4 heteroatoms. The molecular weight excluding hydrogens is 269 g/mol. The summed E-state index contributed by atoms with van der Waals surface area (Å²) in [7, 11) is 0. The number of hydrogen-bond donors (Lipinski definition) is 1. The van der Waals surface area contributed by atoms with Crippen LogP contribution in [0.5, 0.6) is 5.75 Å². The highest BCUT2D eigenvalue weighted by Gasteiger charge is 2.05. The minimum Gasteiger partial charge on any atom is -0.487 e. The minimum absolute atomic E-state index is 0.365. The fraction of sp³-hybridized carbons (Fsp3) is 0.143. The molecule has 0 aliphatic carbocycles. The van der Waals surface area contributed by atoms with E-state index in [1.165, 1.54) is 0 Å². The predicted octanol–water partition coefficient (Wildman–Crippen LogP) is 4.46. The Balaban J connectivity index is 2.14. The van der Waals surface area contributed by atoms with Crippen LogP contribution in [-0.4, -0.2) is 0 Å². The topological polar surface area (TPSA) is 35.2 Å². The van der Waals surface area contributed by atoms with Crippen LogP contribution in [0.1, 0.15) is 11.1 Å². The van der Waals surface area contributed by atoms with Gasteiger partial charge in [0.25, 0.3) is 0 Å². The summed E-state index contributed by atoms with van der Waals surface area (Å²) < 4.78 is 5.67. The lowest BCUT2D eigenvalue weighted by Crippen LogP contribution is -2.00. The van der Waals surface area contributed by atoms with Crippen molar-refractivity contribution in [2.45, 2.75) is 13.5 Å². The number of ether oxygens (including phenoxy) is 1. The van der Waals surface area contributed by atoms with Crippen molar-refractivity contribution in [3.63, 3.8) is 0 Å². The maximum Gasteiger partial charge on any atom is 0.142 e. The van der Waals surface area contributed by atoms with Crippen LogP contribution >= 0.6 is 23.2 Å². The van der Waals surface area contributed by atoms with Gasteiger partial charge in [0.15, 0.2) is 0 Å². The van der Waals surface area contributed by atoms with Gasteiger partial charge in [0.2, 0.25) is 0 Å². The van der Waals surface area contributed by atoms with E-state index in [9.17, 15) is 0 Å². The van der Waals surface area contributed by atoms with Gasteiger partial charge in [-0.15, -0.1) is 0 Å². The average Bonchev–Trinajstić information content (AvgIpc) is 2.33. The van der Waals surface area contributed by atoms with Crippen LogP contribution in [0.25, 0.3) is 0 Å². The molecule has 0 saturated heterocycles. The highest BCUT2D eigenvalue weighted by Crippen LogP contribution is 2.27. The van der Waals surface area contributed by atoms with E-state index in [4.69, 9.17) is 33.7 Å². The SMILES string of the molecule is Cc1cccc(OCc2ccc(Cl)cc2Cl)c1N. The fourth-order valence-electron chi connectivity index (χ4n) is 1.57. The average molecular weight is 282 g/mol. The van der Waals surface area contributed by atoms with Crippen molar-refractivity contribution in [1.82, 2.24) is 0 Å². The Morgan fingerprint density at radius 2 is 1.94 bits per heavy atom. The van der Waals surface area contributed by atoms with Gasteiger partial charge in [0.1, 0.15) is 12.4 Å². The van der Waals surface area contributed by atoms with Gasteiger partial charge in [-0.3, -0.25) is 0 Å². The van der Waals surface area contributed by atoms with Crippen LogP contribution in [-0.2, 0) is 6.61 Å². The Morgan fingerprint density at radius 3 is 2.67 bits per heavy atom. The maximum atomic E-state index is 6.07. The molecule has 2 nitrogen and oxygen atoms in total. The van der Waals surface area contributed by atoms with Crippen LogP contribution in [0.15, 0.2) is 36.4 Å². The van der Waals surface area contributed by atoms with E-state index in [1.54, 1.807) is 12.1 Å². The molecule has 0 aromatic heterocycles. The number of para-hydroxylation sites is 1. The van der Waals surface area contributed by atoms with Gasteiger partial charge in [-0.05, 0) is 30.7 Å². The molecule has 0 fully saturated rings. The number of aryl methyl sites for hydroxylation is 1. The zero-order chi connectivity index (χ0) is 13.1. The second kappa shape index (κ2) is 5.51. The van der Waals surface area contributed by atoms with Gasteiger partial charge < -0.3 is 10.5 Å². The van der Waals surface area contributed by atoms with Gasteiger partial charge in [-0.2, -0.15) is 0 Å². The third-order valence-corrected chi connectivity index (χ3v) is 3.27. The number of benzene rings is 2. The maximum absolute atomic E-state index is 6.07. The van der Waals surface area contributed by atoms with Crippen LogP contribution in [0, 0.1) is 6.92 Å². The largest absolute Gasteiger partial charge is 0.487 e. The van der Waals surface area contributed by atoms with Crippen LogP contribution < -0.4 is 10.5 Å². The standard InChI is InChI=1S/C14H13Cl2NO/c1-9-3-2-4-13(14(9)17)18-8-10-5-6-11(15)7-12(10)16/h2-7H,8,17H2,1H3. The Kier molecular flexibility index (Phi) is 4.00. The quantitative estimate of drug-likeness (QED) is 0.843. The van der Waals surface area contributed by atoms with Gasteiger partial charge in [-0.1, -0.05) is 41.4 Å². The summed E-state index contributed by atoms with van der Waals surface area (Å²) in [5.41, 5.74) is 8.46. The third kappa shape index (κ3) is 2.89. The van der Waals surface area contributed by atoms with Gasteiger partial charge in [0, 0.05) is 15.6 Å². The van der Waals surface area contributed by atoms with Gasteiger partial charge in [0.05, 0.1) is 5.69 Å². The molecule has 0 amide bonds.